The number of alkyl halides is 1. The van der Waals surface area contributed by atoms with Crippen molar-refractivity contribution >= 4 is 23.0 Å². The first-order valence-corrected chi connectivity index (χ1v) is 8.47. The second kappa shape index (κ2) is 6.05. The molecule has 0 radical (unpaired) electrons. The van der Waals surface area contributed by atoms with E-state index in [-0.39, 0.29) is 6.54 Å². The van der Waals surface area contributed by atoms with Crippen LogP contribution >= 0.6 is 0 Å². The van der Waals surface area contributed by atoms with E-state index in [9.17, 15) is 4.39 Å². The average Bonchev–Trinajstić information content (AvgIpc) is 2.97. The van der Waals surface area contributed by atoms with Crippen LogP contribution in [0.25, 0.3) is 11.2 Å². The van der Waals surface area contributed by atoms with E-state index in [0.717, 1.165) is 28.2 Å². The lowest BCUT2D eigenvalue weighted by atomic mass is 10.0. The number of halogens is 1. The fraction of sp³-hybridized carbons (Fsp3) is 0.333. The molecule has 7 nitrogen and oxygen atoms in total. The molecule has 8 heteroatoms. The quantitative estimate of drug-likeness (QED) is 0.751. The molecule has 134 valence electrons. The zero-order chi connectivity index (χ0) is 18.3. The molecule has 0 aromatic carbocycles. The van der Waals surface area contributed by atoms with Gasteiger partial charge in [0.15, 0.2) is 5.65 Å². The van der Waals surface area contributed by atoms with Gasteiger partial charge in [0.05, 0.1) is 24.1 Å². The van der Waals surface area contributed by atoms with Crippen LogP contribution in [0.5, 0.6) is 0 Å². The number of anilines is 2. The molecule has 0 unspecified atom stereocenters. The topological polar surface area (TPSA) is 80.0 Å². The highest BCUT2D eigenvalue weighted by Crippen LogP contribution is 2.30. The number of nitrogens with one attached hydrogen (secondary N) is 2. The molecule has 0 fully saturated rings. The van der Waals surface area contributed by atoms with E-state index in [1.165, 1.54) is 13.8 Å². The van der Waals surface area contributed by atoms with Gasteiger partial charge in [-0.1, -0.05) is 6.08 Å². The highest BCUT2D eigenvalue weighted by molar-refractivity contribution is 5.85. The molecule has 0 aliphatic carbocycles. The number of aromatic nitrogens is 5. The molecule has 0 saturated carbocycles. The molecule has 3 aromatic heterocycles. The Morgan fingerprint density at radius 3 is 2.96 bits per heavy atom. The lowest BCUT2D eigenvalue weighted by molar-refractivity contribution is 0.234. The second-order valence-electron chi connectivity index (χ2n) is 6.93. The van der Waals surface area contributed by atoms with Gasteiger partial charge in [-0.15, -0.1) is 0 Å². The van der Waals surface area contributed by atoms with E-state index in [2.05, 4.69) is 36.8 Å². The third-order valence-corrected chi connectivity index (χ3v) is 4.04. The zero-order valence-corrected chi connectivity index (χ0v) is 14.9. The number of hydrogen-bond donors (Lipinski definition) is 2. The lowest BCUT2D eigenvalue weighted by Crippen LogP contribution is -2.25. The van der Waals surface area contributed by atoms with Crippen molar-refractivity contribution in [3.8, 4) is 0 Å². The number of aryl methyl sites for hydroxylation is 1. The third kappa shape index (κ3) is 3.22. The van der Waals surface area contributed by atoms with Crippen molar-refractivity contribution in [3.63, 3.8) is 0 Å². The molecule has 1 aliphatic heterocycles. The van der Waals surface area contributed by atoms with Gasteiger partial charge in [-0.25, -0.2) is 18.9 Å². The zero-order valence-electron chi connectivity index (χ0n) is 14.9. The maximum Gasteiger partial charge on any atom is 0.224 e. The normalized spacial score (nSPS) is 13.9. The van der Waals surface area contributed by atoms with Crippen molar-refractivity contribution in [2.45, 2.75) is 26.4 Å². The number of rotatable bonds is 4. The van der Waals surface area contributed by atoms with Crippen LogP contribution in [-0.2, 0) is 0 Å². The summed E-state index contributed by atoms with van der Waals surface area (Å²) in [7, 11) is 0. The van der Waals surface area contributed by atoms with Crippen LogP contribution < -0.4 is 10.6 Å². The van der Waals surface area contributed by atoms with E-state index in [1.807, 2.05) is 25.3 Å². The van der Waals surface area contributed by atoms with E-state index < -0.39 is 5.67 Å². The average molecular weight is 353 g/mol. The number of imidazole rings is 1. The third-order valence-electron chi connectivity index (χ3n) is 4.04. The summed E-state index contributed by atoms with van der Waals surface area (Å²) in [5.74, 6) is 1.11. The van der Waals surface area contributed by atoms with Gasteiger partial charge in [0.25, 0.3) is 0 Å². The fourth-order valence-corrected chi connectivity index (χ4v) is 2.83. The first-order valence-electron chi connectivity index (χ1n) is 8.47. The summed E-state index contributed by atoms with van der Waals surface area (Å²) >= 11 is 0. The predicted octanol–water partition coefficient (Wildman–Crippen LogP) is 2.84. The van der Waals surface area contributed by atoms with Gasteiger partial charge >= 0.3 is 0 Å². The van der Waals surface area contributed by atoms with Gasteiger partial charge in [-0.2, -0.15) is 10.1 Å². The molecule has 26 heavy (non-hydrogen) atoms. The highest BCUT2D eigenvalue weighted by atomic mass is 19.1. The Morgan fingerprint density at radius 2 is 2.15 bits per heavy atom. The summed E-state index contributed by atoms with van der Waals surface area (Å²) in [6, 6.07) is 3.89. The van der Waals surface area contributed by atoms with Crippen molar-refractivity contribution < 1.29 is 4.39 Å². The van der Waals surface area contributed by atoms with Crippen LogP contribution in [0.4, 0.5) is 16.2 Å². The van der Waals surface area contributed by atoms with Gasteiger partial charge in [0, 0.05) is 23.9 Å². The molecular weight excluding hydrogens is 333 g/mol. The van der Waals surface area contributed by atoms with Crippen LogP contribution in [-0.4, -0.2) is 43.3 Å². The van der Waals surface area contributed by atoms with Gasteiger partial charge < -0.3 is 10.6 Å². The summed E-state index contributed by atoms with van der Waals surface area (Å²) in [6.45, 7) is 5.74. The number of hydrogen-bond acceptors (Lipinski definition) is 6. The van der Waals surface area contributed by atoms with Crippen LogP contribution in [0.3, 0.4) is 0 Å². The highest BCUT2D eigenvalue weighted by Gasteiger charge is 2.20. The molecule has 2 N–H and O–H groups in total. The Balaban J connectivity index is 1.66. The van der Waals surface area contributed by atoms with Crippen LogP contribution in [0.1, 0.15) is 30.8 Å². The summed E-state index contributed by atoms with van der Waals surface area (Å²) in [5.41, 5.74) is 3.05. The number of nitrogens with zero attached hydrogens (tertiary/aromatic N) is 5. The van der Waals surface area contributed by atoms with Gasteiger partial charge in [-0.3, -0.25) is 0 Å². The molecule has 3 aromatic rings. The molecular formula is C18H20FN7. The van der Waals surface area contributed by atoms with Crippen molar-refractivity contribution in [1.29, 1.82) is 0 Å². The van der Waals surface area contributed by atoms with Gasteiger partial charge in [0.2, 0.25) is 5.95 Å². The Kier molecular flexibility index (Phi) is 3.82. The molecule has 4 rings (SSSR count). The molecule has 0 amide bonds. The molecule has 4 heterocycles. The number of fused-ring (bicyclic) bond motifs is 2. The van der Waals surface area contributed by atoms with E-state index in [4.69, 9.17) is 0 Å². The van der Waals surface area contributed by atoms with E-state index in [0.29, 0.717) is 18.3 Å². The molecule has 0 spiro atoms. The first-order chi connectivity index (χ1) is 12.4. The SMILES string of the molecule is Cc1cn2nc(C3=CCNc4nc(NCC(C)(C)F)ncc43)ccc2n1. The monoisotopic (exact) mass is 353 g/mol. The van der Waals surface area contributed by atoms with Gasteiger partial charge in [-0.05, 0) is 32.9 Å². The molecule has 0 saturated heterocycles. The fourth-order valence-electron chi connectivity index (χ4n) is 2.83. The minimum absolute atomic E-state index is 0.146. The van der Waals surface area contributed by atoms with Crippen LogP contribution in [0.2, 0.25) is 0 Å². The Morgan fingerprint density at radius 1 is 1.31 bits per heavy atom. The van der Waals surface area contributed by atoms with Crippen LogP contribution in [0.15, 0.2) is 30.6 Å². The smallest absolute Gasteiger partial charge is 0.224 e. The van der Waals surface area contributed by atoms with E-state index in [1.54, 1.807) is 10.7 Å². The van der Waals surface area contributed by atoms with Gasteiger partial charge in [0.1, 0.15) is 11.5 Å². The summed E-state index contributed by atoms with van der Waals surface area (Å²) in [6.07, 6.45) is 5.68. The summed E-state index contributed by atoms with van der Waals surface area (Å²) in [5, 5.41) is 10.8. The molecule has 1 aliphatic rings. The Hall–Kier alpha value is -3.03. The van der Waals surface area contributed by atoms with Crippen molar-refractivity contribution in [2.75, 3.05) is 23.7 Å². The summed E-state index contributed by atoms with van der Waals surface area (Å²) < 4.78 is 15.4. The predicted molar refractivity (Wildman–Crippen MR) is 99.0 cm³/mol. The van der Waals surface area contributed by atoms with Crippen LogP contribution in [0, 0.1) is 6.92 Å². The van der Waals surface area contributed by atoms with Crippen molar-refractivity contribution in [1.82, 2.24) is 24.6 Å². The Bertz CT molecular complexity index is 1000. The standard InChI is InChI=1S/C18H20FN7/c1-11-9-26-15(23-11)5-4-14(25-26)12-6-7-20-16-13(12)8-21-17(24-16)22-10-18(2,3)19/h4-6,8-9H,7,10H2,1-3H3,(H2,20,21,22,24). The van der Waals surface area contributed by atoms with Crippen molar-refractivity contribution in [3.05, 3.63) is 47.6 Å². The molecule has 0 bridgehead atoms. The maximum absolute atomic E-state index is 13.7. The second-order valence-corrected chi connectivity index (χ2v) is 6.93. The lowest BCUT2D eigenvalue weighted by Gasteiger charge is -2.20. The first kappa shape index (κ1) is 16.4. The maximum atomic E-state index is 13.7. The Labute approximate surface area is 150 Å². The summed E-state index contributed by atoms with van der Waals surface area (Å²) in [4.78, 5) is 13.2. The largest absolute Gasteiger partial charge is 0.366 e. The minimum atomic E-state index is -1.33. The minimum Gasteiger partial charge on any atom is -0.366 e. The molecule has 0 atom stereocenters. The van der Waals surface area contributed by atoms with E-state index >= 15 is 0 Å². The van der Waals surface area contributed by atoms with Crippen molar-refractivity contribution in [2.24, 2.45) is 0 Å².